The molecule has 0 radical (unpaired) electrons. The quantitative estimate of drug-likeness (QED) is 0.630. The summed E-state index contributed by atoms with van der Waals surface area (Å²) in [5.41, 5.74) is -0.0662. The van der Waals surface area contributed by atoms with Crippen LogP contribution in [0.2, 0.25) is 0 Å². The molecule has 0 saturated carbocycles. The molecule has 7 heteroatoms. The fourth-order valence-electron chi connectivity index (χ4n) is 1.63. The fourth-order valence-corrected chi connectivity index (χ4v) is 2.96. The normalized spacial score (nSPS) is 14.7. The molecule has 134 valence electrons. The molecule has 0 heterocycles. The number of thioether (sulfide) groups is 1. The second kappa shape index (κ2) is 9.54. The number of carbonyl (C=O) groups is 2. The fraction of sp³-hybridized carbons (Fsp3) is 0.529. The Kier molecular flexibility index (Phi) is 8.07. The third-order valence-corrected chi connectivity index (χ3v) is 5.08. The Labute approximate surface area is 146 Å². The highest BCUT2D eigenvalue weighted by Crippen LogP contribution is 2.22. The first-order valence-corrected chi connectivity index (χ1v) is 8.88. The molecule has 2 unspecified atom stereocenters. The maximum Gasteiger partial charge on any atom is 0.408 e. The monoisotopic (exact) mass is 355 g/mol. The summed E-state index contributed by atoms with van der Waals surface area (Å²) in [6.07, 6.45) is -0.775. The SMILES string of the molecule is CC(C)C(C)(O)CSCC(NC(=O)OCc1ccccc1)C(=O)O. The Morgan fingerprint density at radius 3 is 2.46 bits per heavy atom. The molecule has 0 aliphatic heterocycles. The number of rotatable bonds is 9. The third-order valence-electron chi connectivity index (χ3n) is 3.73. The molecule has 0 spiro atoms. The van der Waals surface area contributed by atoms with Gasteiger partial charge in [-0.15, -0.1) is 0 Å². The third kappa shape index (κ3) is 7.23. The molecule has 0 aliphatic rings. The highest BCUT2D eigenvalue weighted by Gasteiger charge is 2.27. The van der Waals surface area contributed by atoms with Crippen molar-refractivity contribution in [3.8, 4) is 0 Å². The Hall–Kier alpha value is -1.73. The summed E-state index contributed by atoms with van der Waals surface area (Å²) in [4.78, 5) is 23.0. The summed E-state index contributed by atoms with van der Waals surface area (Å²) in [6, 6.07) is 8.06. The minimum atomic E-state index is -1.14. The van der Waals surface area contributed by atoms with E-state index in [0.717, 1.165) is 5.56 Å². The van der Waals surface area contributed by atoms with Gasteiger partial charge in [0, 0.05) is 11.5 Å². The van der Waals surface area contributed by atoms with Crippen LogP contribution in [0.5, 0.6) is 0 Å². The lowest BCUT2D eigenvalue weighted by Crippen LogP contribution is -2.43. The van der Waals surface area contributed by atoms with Crippen LogP contribution in [-0.4, -0.2) is 45.4 Å². The molecule has 1 rings (SSSR count). The molecule has 1 aromatic rings. The number of hydrogen-bond acceptors (Lipinski definition) is 5. The summed E-state index contributed by atoms with van der Waals surface area (Å²) < 4.78 is 5.02. The van der Waals surface area contributed by atoms with Crippen LogP contribution in [0.4, 0.5) is 4.79 Å². The highest BCUT2D eigenvalue weighted by molar-refractivity contribution is 7.99. The summed E-state index contributed by atoms with van der Waals surface area (Å²) in [5, 5.41) is 21.7. The first-order chi connectivity index (χ1) is 11.2. The van der Waals surface area contributed by atoms with Crippen LogP contribution in [0.3, 0.4) is 0 Å². The van der Waals surface area contributed by atoms with Crippen molar-refractivity contribution in [2.75, 3.05) is 11.5 Å². The molecule has 2 atom stereocenters. The van der Waals surface area contributed by atoms with Crippen molar-refractivity contribution in [2.45, 2.75) is 39.0 Å². The van der Waals surface area contributed by atoms with Gasteiger partial charge in [0.1, 0.15) is 12.6 Å². The topological polar surface area (TPSA) is 95.9 Å². The zero-order valence-corrected chi connectivity index (χ0v) is 15.0. The summed E-state index contributed by atoms with van der Waals surface area (Å²) in [7, 11) is 0. The molecular weight excluding hydrogens is 330 g/mol. The van der Waals surface area contributed by atoms with Crippen LogP contribution in [0.1, 0.15) is 26.3 Å². The molecule has 1 amide bonds. The van der Waals surface area contributed by atoms with Gasteiger partial charge >= 0.3 is 12.1 Å². The zero-order valence-electron chi connectivity index (χ0n) is 14.2. The summed E-state index contributed by atoms with van der Waals surface area (Å²) in [6.45, 7) is 5.58. The van der Waals surface area contributed by atoms with E-state index in [9.17, 15) is 19.8 Å². The number of carbonyl (C=O) groups excluding carboxylic acids is 1. The lowest BCUT2D eigenvalue weighted by molar-refractivity contribution is -0.138. The lowest BCUT2D eigenvalue weighted by atomic mass is 9.95. The van der Waals surface area contributed by atoms with Gasteiger partial charge in [-0.3, -0.25) is 0 Å². The molecule has 0 aromatic heterocycles. The molecule has 24 heavy (non-hydrogen) atoms. The smallest absolute Gasteiger partial charge is 0.408 e. The van der Waals surface area contributed by atoms with Gasteiger partial charge in [-0.25, -0.2) is 9.59 Å². The molecule has 1 aromatic carbocycles. The number of carboxylic acid groups (broad SMARTS) is 1. The number of hydrogen-bond donors (Lipinski definition) is 3. The first-order valence-electron chi connectivity index (χ1n) is 7.72. The van der Waals surface area contributed by atoms with E-state index in [-0.39, 0.29) is 18.3 Å². The first kappa shape index (κ1) is 20.3. The van der Waals surface area contributed by atoms with Crippen LogP contribution in [0.15, 0.2) is 30.3 Å². The highest BCUT2D eigenvalue weighted by atomic mass is 32.2. The number of amides is 1. The number of ether oxygens (including phenoxy) is 1. The number of benzene rings is 1. The number of aliphatic carboxylic acids is 1. The predicted octanol–water partition coefficient (Wildman–Crippen LogP) is 2.51. The van der Waals surface area contributed by atoms with Crippen molar-refractivity contribution >= 4 is 23.8 Å². The van der Waals surface area contributed by atoms with E-state index in [1.165, 1.54) is 11.8 Å². The molecule has 0 fully saturated rings. The van der Waals surface area contributed by atoms with E-state index in [4.69, 9.17) is 4.74 Å². The second-order valence-electron chi connectivity index (χ2n) is 6.12. The van der Waals surface area contributed by atoms with Crippen molar-refractivity contribution < 1.29 is 24.5 Å². The van der Waals surface area contributed by atoms with Crippen LogP contribution in [0.25, 0.3) is 0 Å². The van der Waals surface area contributed by atoms with Gasteiger partial charge in [-0.2, -0.15) is 11.8 Å². The van der Waals surface area contributed by atoms with Crippen molar-refractivity contribution in [3.63, 3.8) is 0 Å². The van der Waals surface area contributed by atoms with Gasteiger partial charge in [-0.1, -0.05) is 44.2 Å². The zero-order chi connectivity index (χ0) is 18.2. The second-order valence-corrected chi connectivity index (χ2v) is 7.15. The van der Waals surface area contributed by atoms with Crippen molar-refractivity contribution in [2.24, 2.45) is 5.92 Å². The largest absolute Gasteiger partial charge is 0.480 e. The van der Waals surface area contributed by atoms with E-state index < -0.39 is 23.7 Å². The Balaban J connectivity index is 2.42. The molecular formula is C17H25NO5S. The van der Waals surface area contributed by atoms with E-state index in [2.05, 4.69) is 5.32 Å². The summed E-state index contributed by atoms with van der Waals surface area (Å²) >= 11 is 1.28. The Morgan fingerprint density at radius 2 is 1.92 bits per heavy atom. The maximum atomic E-state index is 11.7. The average Bonchev–Trinajstić information content (AvgIpc) is 2.52. The number of aliphatic hydroxyl groups is 1. The predicted molar refractivity (Wildman–Crippen MR) is 94.0 cm³/mol. The van der Waals surface area contributed by atoms with Gasteiger partial charge in [0.05, 0.1) is 5.60 Å². The van der Waals surface area contributed by atoms with Crippen molar-refractivity contribution in [1.29, 1.82) is 0 Å². The number of alkyl carbamates (subject to hydrolysis) is 1. The van der Waals surface area contributed by atoms with Crippen LogP contribution in [0, 0.1) is 5.92 Å². The average molecular weight is 355 g/mol. The molecule has 0 aliphatic carbocycles. The van der Waals surface area contributed by atoms with Gasteiger partial charge < -0.3 is 20.3 Å². The van der Waals surface area contributed by atoms with Gasteiger partial charge in [-0.05, 0) is 18.4 Å². The molecule has 6 nitrogen and oxygen atoms in total. The molecule has 3 N–H and O–H groups in total. The Bertz CT molecular complexity index is 533. The standard InChI is InChI=1S/C17H25NO5S/c1-12(2)17(3,22)11-24-10-14(15(19)20)18-16(21)23-9-13-7-5-4-6-8-13/h4-8,12,14,22H,9-11H2,1-3H3,(H,18,21)(H,19,20). The van der Waals surface area contributed by atoms with E-state index in [1.807, 2.05) is 44.2 Å². The van der Waals surface area contributed by atoms with Gasteiger partial charge in [0.15, 0.2) is 0 Å². The minimum Gasteiger partial charge on any atom is -0.480 e. The van der Waals surface area contributed by atoms with Gasteiger partial charge in [0.25, 0.3) is 0 Å². The molecule has 0 saturated heterocycles. The van der Waals surface area contributed by atoms with Crippen LogP contribution >= 0.6 is 11.8 Å². The van der Waals surface area contributed by atoms with Crippen molar-refractivity contribution in [1.82, 2.24) is 5.32 Å². The number of nitrogens with one attached hydrogen (secondary N) is 1. The summed E-state index contributed by atoms with van der Waals surface area (Å²) in [5.74, 6) is -0.547. The van der Waals surface area contributed by atoms with E-state index in [1.54, 1.807) is 6.92 Å². The van der Waals surface area contributed by atoms with Gasteiger partial charge in [0.2, 0.25) is 0 Å². The maximum absolute atomic E-state index is 11.7. The number of carboxylic acids is 1. The van der Waals surface area contributed by atoms with E-state index >= 15 is 0 Å². The van der Waals surface area contributed by atoms with Crippen LogP contribution in [-0.2, 0) is 16.1 Å². The lowest BCUT2D eigenvalue weighted by Gasteiger charge is -2.27. The Morgan fingerprint density at radius 1 is 1.29 bits per heavy atom. The minimum absolute atomic E-state index is 0.0528. The van der Waals surface area contributed by atoms with Crippen molar-refractivity contribution in [3.05, 3.63) is 35.9 Å². The molecule has 0 bridgehead atoms. The van der Waals surface area contributed by atoms with Crippen LogP contribution < -0.4 is 5.32 Å². The van der Waals surface area contributed by atoms with E-state index in [0.29, 0.717) is 5.75 Å².